The Bertz CT molecular complexity index is 949. The van der Waals surface area contributed by atoms with Gasteiger partial charge in [-0.1, -0.05) is 13.8 Å². The van der Waals surface area contributed by atoms with E-state index in [0.717, 1.165) is 19.2 Å². The van der Waals surface area contributed by atoms with E-state index in [9.17, 15) is 14.7 Å². The van der Waals surface area contributed by atoms with Gasteiger partial charge in [0.05, 0.1) is 17.5 Å². The molecule has 2 aromatic rings. The highest BCUT2D eigenvalue weighted by Gasteiger charge is 2.26. The van der Waals surface area contributed by atoms with Crippen molar-refractivity contribution in [3.8, 4) is 5.75 Å². The van der Waals surface area contributed by atoms with Crippen LogP contribution in [0.4, 0.5) is 10.1 Å². The molecule has 2 N–H and O–H groups in total. The number of carbonyl (C=O) groups is 1. The normalized spacial score (nSPS) is 14.7. The maximum absolute atomic E-state index is 15.2. The van der Waals surface area contributed by atoms with Crippen LogP contribution < -0.4 is 20.4 Å². The molecule has 1 fully saturated rings. The first-order valence-electron chi connectivity index (χ1n) is 9.56. The molecule has 0 unspecified atom stereocenters. The first-order valence-corrected chi connectivity index (χ1v) is 9.56. The maximum Gasteiger partial charge on any atom is 0.341 e. The molecule has 1 aliphatic heterocycles. The summed E-state index contributed by atoms with van der Waals surface area (Å²) in [6.07, 6.45) is 1.31. The number of pyridine rings is 1. The van der Waals surface area contributed by atoms with E-state index >= 15 is 4.39 Å². The quantitative estimate of drug-likeness (QED) is 0.786. The summed E-state index contributed by atoms with van der Waals surface area (Å²) < 4.78 is 22.9. The number of aromatic nitrogens is 1. The van der Waals surface area contributed by atoms with E-state index in [1.807, 2.05) is 25.7 Å². The molecule has 0 atom stereocenters. The summed E-state index contributed by atoms with van der Waals surface area (Å²) in [7, 11) is 0. The van der Waals surface area contributed by atoms with Crippen molar-refractivity contribution in [2.75, 3.05) is 37.7 Å². The number of hydrogen-bond donors (Lipinski definition) is 2. The number of carboxylic acid groups (broad SMARTS) is 1. The van der Waals surface area contributed by atoms with E-state index in [1.165, 1.54) is 6.20 Å². The molecule has 0 aliphatic carbocycles. The third-order valence-electron chi connectivity index (χ3n) is 4.81. The Hall–Kier alpha value is -2.61. The van der Waals surface area contributed by atoms with Gasteiger partial charge in [0.2, 0.25) is 5.43 Å². The lowest BCUT2D eigenvalue weighted by atomic mass is 10.1. The van der Waals surface area contributed by atoms with Gasteiger partial charge >= 0.3 is 5.97 Å². The molecular weight excluding hydrogens is 365 g/mol. The van der Waals surface area contributed by atoms with Crippen LogP contribution in [0, 0.1) is 11.7 Å². The second-order valence-corrected chi connectivity index (χ2v) is 7.34. The number of anilines is 1. The lowest BCUT2D eigenvalue weighted by Gasteiger charge is -2.32. The summed E-state index contributed by atoms with van der Waals surface area (Å²) in [6.45, 7) is 9.27. The number of ether oxygens (including phenoxy) is 1. The highest BCUT2D eigenvalue weighted by Crippen LogP contribution is 2.38. The van der Waals surface area contributed by atoms with Gasteiger partial charge in [-0.25, -0.2) is 9.18 Å². The average Bonchev–Trinajstić information content (AvgIpc) is 2.67. The van der Waals surface area contributed by atoms with Gasteiger partial charge in [0, 0.05) is 38.9 Å². The summed E-state index contributed by atoms with van der Waals surface area (Å²) in [5.41, 5.74) is -0.307. The zero-order valence-corrected chi connectivity index (χ0v) is 16.4. The van der Waals surface area contributed by atoms with Crippen LogP contribution in [-0.2, 0) is 6.54 Å². The van der Waals surface area contributed by atoms with Gasteiger partial charge in [-0.2, -0.15) is 0 Å². The number of rotatable bonds is 6. The molecule has 0 spiro atoms. The standard InChI is InChI=1S/C20H26FN3O4/c1-4-23-10-14(20(26)27)18(25)13-9-15(21)17(24-7-5-22-6-8-24)19(16(13)23)28-11-12(2)3/h9-10,12,22H,4-8,11H2,1-3H3,(H,26,27). The fourth-order valence-electron chi connectivity index (χ4n) is 3.46. The first kappa shape index (κ1) is 20.1. The molecule has 2 heterocycles. The van der Waals surface area contributed by atoms with Crippen LogP contribution in [-0.4, -0.2) is 48.4 Å². The van der Waals surface area contributed by atoms with Crippen LogP contribution in [0.15, 0.2) is 17.1 Å². The third kappa shape index (κ3) is 3.69. The van der Waals surface area contributed by atoms with Crippen LogP contribution in [0.5, 0.6) is 5.75 Å². The van der Waals surface area contributed by atoms with Gasteiger partial charge in [-0.05, 0) is 18.9 Å². The monoisotopic (exact) mass is 391 g/mol. The number of fused-ring (bicyclic) bond motifs is 1. The van der Waals surface area contributed by atoms with Gasteiger partial charge < -0.3 is 24.6 Å². The molecule has 0 amide bonds. The predicted molar refractivity (Wildman–Crippen MR) is 106 cm³/mol. The molecule has 152 valence electrons. The van der Waals surface area contributed by atoms with E-state index in [0.29, 0.717) is 43.2 Å². The van der Waals surface area contributed by atoms with E-state index in [-0.39, 0.29) is 16.9 Å². The fourth-order valence-corrected chi connectivity index (χ4v) is 3.46. The highest BCUT2D eigenvalue weighted by atomic mass is 19.1. The Balaban J connectivity index is 2.35. The van der Waals surface area contributed by atoms with Crippen LogP contribution >= 0.6 is 0 Å². The van der Waals surface area contributed by atoms with Crippen LogP contribution in [0.2, 0.25) is 0 Å². The van der Waals surface area contributed by atoms with E-state index in [4.69, 9.17) is 4.74 Å². The zero-order chi connectivity index (χ0) is 20.4. The minimum atomic E-state index is -1.33. The van der Waals surface area contributed by atoms with Gasteiger partial charge in [0.15, 0.2) is 11.6 Å². The van der Waals surface area contributed by atoms with Gasteiger partial charge in [-0.3, -0.25) is 4.79 Å². The van der Waals surface area contributed by atoms with Crippen LogP contribution in [0.3, 0.4) is 0 Å². The summed E-state index contributed by atoms with van der Waals surface area (Å²) >= 11 is 0. The maximum atomic E-state index is 15.2. The second kappa shape index (κ2) is 8.18. The molecule has 1 saturated heterocycles. The molecule has 8 heteroatoms. The molecule has 7 nitrogen and oxygen atoms in total. The molecule has 28 heavy (non-hydrogen) atoms. The molecule has 1 aromatic heterocycles. The summed E-state index contributed by atoms with van der Waals surface area (Å²) in [5.74, 6) is -1.39. The zero-order valence-electron chi connectivity index (χ0n) is 16.4. The molecular formula is C20H26FN3O4. The number of nitrogens with one attached hydrogen (secondary N) is 1. The van der Waals surface area contributed by atoms with Crippen molar-refractivity contribution in [1.82, 2.24) is 9.88 Å². The first-order chi connectivity index (χ1) is 13.3. The molecule has 0 bridgehead atoms. The summed E-state index contributed by atoms with van der Waals surface area (Å²) in [6, 6.07) is 1.15. The number of benzene rings is 1. The number of aromatic carboxylic acids is 1. The SMILES string of the molecule is CCn1cc(C(=O)O)c(=O)c2cc(F)c(N3CCNCC3)c(OCC(C)C)c21. The molecule has 3 rings (SSSR count). The largest absolute Gasteiger partial charge is 0.489 e. The predicted octanol–water partition coefficient (Wildman–Crippen LogP) is 2.30. The lowest BCUT2D eigenvalue weighted by Crippen LogP contribution is -2.44. The van der Waals surface area contributed by atoms with E-state index in [1.54, 1.807) is 4.57 Å². The Morgan fingerprint density at radius 1 is 1.36 bits per heavy atom. The Morgan fingerprint density at radius 3 is 2.61 bits per heavy atom. The number of hydrogen-bond acceptors (Lipinski definition) is 5. The summed E-state index contributed by atoms with van der Waals surface area (Å²) in [4.78, 5) is 26.1. The second-order valence-electron chi connectivity index (χ2n) is 7.34. The Morgan fingerprint density at radius 2 is 2.04 bits per heavy atom. The summed E-state index contributed by atoms with van der Waals surface area (Å²) in [5, 5.41) is 12.6. The Labute approximate surface area is 162 Å². The highest BCUT2D eigenvalue weighted by molar-refractivity contribution is 5.97. The average molecular weight is 391 g/mol. The minimum absolute atomic E-state index is 0.0249. The van der Waals surface area contributed by atoms with Crippen molar-refractivity contribution >= 4 is 22.6 Å². The van der Waals surface area contributed by atoms with Crippen molar-refractivity contribution in [3.05, 3.63) is 33.9 Å². The van der Waals surface area contributed by atoms with Crippen molar-refractivity contribution in [2.45, 2.75) is 27.3 Å². The van der Waals surface area contributed by atoms with E-state index in [2.05, 4.69) is 5.32 Å². The number of carboxylic acids is 1. The number of aryl methyl sites for hydroxylation is 1. The molecule has 1 aromatic carbocycles. The van der Waals surface area contributed by atoms with Crippen molar-refractivity contribution < 1.29 is 19.0 Å². The van der Waals surface area contributed by atoms with Crippen molar-refractivity contribution in [2.24, 2.45) is 5.92 Å². The smallest absolute Gasteiger partial charge is 0.341 e. The van der Waals surface area contributed by atoms with Gasteiger partial charge in [-0.15, -0.1) is 0 Å². The van der Waals surface area contributed by atoms with Crippen molar-refractivity contribution in [1.29, 1.82) is 0 Å². The van der Waals surface area contributed by atoms with Gasteiger partial charge in [0.1, 0.15) is 11.3 Å². The van der Waals surface area contributed by atoms with Crippen LogP contribution in [0.1, 0.15) is 31.1 Å². The van der Waals surface area contributed by atoms with E-state index < -0.39 is 17.2 Å². The molecule has 1 aliphatic rings. The molecule has 0 radical (unpaired) electrons. The number of halogens is 1. The molecule has 0 saturated carbocycles. The van der Waals surface area contributed by atoms with Crippen LogP contribution in [0.25, 0.3) is 10.9 Å². The van der Waals surface area contributed by atoms with Gasteiger partial charge in [0.25, 0.3) is 0 Å². The third-order valence-corrected chi connectivity index (χ3v) is 4.81. The Kier molecular flexibility index (Phi) is 5.88. The lowest BCUT2D eigenvalue weighted by molar-refractivity contribution is 0.0695. The topological polar surface area (TPSA) is 83.8 Å². The fraction of sp³-hybridized carbons (Fsp3) is 0.500. The van der Waals surface area contributed by atoms with Crippen molar-refractivity contribution in [3.63, 3.8) is 0 Å². The number of piperazine rings is 1. The minimum Gasteiger partial charge on any atom is -0.489 e. The number of nitrogens with zero attached hydrogens (tertiary/aromatic N) is 2.